The van der Waals surface area contributed by atoms with Crippen LogP contribution in [0, 0.1) is 19.8 Å². The van der Waals surface area contributed by atoms with Crippen molar-refractivity contribution in [2.24, 2.45) is 5.92 Å². The highest BCUT2D eigenvalue weighted by atomic mass is 32.2. The monoisotopic (exact) mass is 393 g/mol. The van der Waals surface area contributed by atoms with E-state index in [2.05, 4.69) is 5.32 Å². The van der Waals surface area contributed by atoms with Gasteiger partial charge in [-0.1, -0.05) is 6.07 Å². The molecule has 0 aromatic heterocycles. The second-order valence-electron chi connectivity index (χ2n) is 7.84. The Morgan fingerprint density at radius 2 is 1.78 bits per heavy atom. The van der Waals surface area contributed by atoms with E-state index in [1.807, 2.05) is 31.9 Å². The lowest BCUT2D eigenvalue weighted by molar-refractivity contribution is -0.138. The van der Waals surface area contributed by atoms with E-state index in [0.717, 1.165) is 37.1 Å². The van der Waals surface area contributed by atoms with Crippen molar-refractivity contribution in [1.82, 2.24) is 14.5 Å². The summed E-state index contributed by atoms with van der Waals surface area (Å²) in [4.78, 5) is 15.2. The molecule has 3 rings (SSSR count). The molecule has 6 nitrogen and oxygen atoms in total. The van der Waals surface area contributed by atoms with Crippen molar-refractivity contribution < 1.29 is 13.2 Å². The number of hydrogen-bond acceptors (Lipinski definition) is 4. The number of hydrogen-bond donors (Lipinski definition) is 1. The van der Waals surface area contributed by atoms with Crippen LogP contribution in [0.2, 0.25) is 0 Å². The van der Waals surface area contributed by atoms with Gasteiger partial charge < -0.3 is 10.2 Å². The lowest BCUT2D eigenvalue weighted by Gasteiger charge is -2.37. The van der Waals surface area contributed by atoms with E-state index in [1.165, 1.54) is 4.31 Å². The lowest BCUT2D eigenvalue weighted by Crippen LogP contribution is -2.50. The van der Waals surface area contributed by atoms with Crippen molar-refractivity contribution in [3.8, 4) is 0 Å². The standard InChI is InChI=1S/C20H31N3O3S/c1-15-6-7-19(13-16(15)2)27(25,26)23-11-8-17(9-12-23)20(24)22-10-4-5-18(14-22)21-3/h6-7,13,17-18,21H,4-5,8-12,14H2,1-3H3. The fraction of sp³-hybridized carbons (Fsp3) is 0.650. The predicted octanol–water partition coefficient (Wildman–Crippen LogP) is 1.91. The molecule has 2 aliphatic heterocycles. The number of aryl methyl sites for hydroxylation is 2. The molecule has 7 heteroatoms. The van der Waals surface area contributed by atoms with E-state index >= 15 is 0 Å². The summed E-state index contributed by atoms with van der Waals surface area (Å²) in [6, 6.07) is 5.65. The number of piperidine rings is 2. The molecule has 0 saturated carbocycles. The van der Waals surface area contributed by atoms with Crippen LogP contribution in [0.5, 0.6) is 0 Å². The van der Waals surface area contributed by atoms with Crippen LogP contribution in [-0.2, 0) is 14.8 Å². The Morgan fingerprint density at radius 3 is 2.41 bits per heavy atom. The Hall–Kier alpha value is -1.44. The summed E-state index contributed by atoms with van der Waals surface area (Å²) >= 11 is 0. The highest BCUT2D eigenvalue weighted by Gasteiger charge is 2.35. The third-order valence-corrected chi connectivity index (χ3v) is 7.96. The van der Waals surface area contributed by atoms with E-state index in [-0.39, 0.29) is 11.8 Å². The largest absolute Gasteiger partial charge is 0.341 e. The molecule has 1 atom stereocenters. The Kier molecular flexibility index (Phi) is 6.23. The summed E-state index contributed by atoms with van der Waals surface area (Å²) < 4.78 is 27.4. The number of benzene rings is 1. The molecular formula is C20H31N3O3S. The van der Waals surface area contributed by atoms with Crippen molar-refractivity contribution in [2.75, 3.05) is 33.2 Å². The highest BCUT2D eigenvalue weighted by molar-refractivity contribution is 7.89. The number of likely N-dealkylation sites (tertiary alicyclic amines) is 1. The molecule has 0 radical (unpaired) electrons. The number of amides is 1. The fourth-order valence-electron chi connectivity index (χ4n) is 4.04. The first kappa shape index (κ1) is 20.3. The minimum absolute atomic E-state index is 0.0631. The zero-order valence-corrected chi connectivity index (χ0v) is 17.4. The van der Waals surface area contributed by atoms with Crippen molar-refractivity contribution in [3.63, 3.8) is 0 Å². The molecular weight excluding hydrogens is 362 g/mol. The Labute approximate surface area is 163 Å². The first-order valence-corrected chi connectivity index (χ1v) is 11.3. The van der Waals surface area contributed by atoms with Crippen LogP contribution in [0.3, 0.4) is 0 Å². The van der Waals surface area contributed by atoms with Crippen LogP contribution in [-0.4, -0.2) is 62.8 Å². The second-order valence-corrected chi connectivity index (χ2v) is 9.77. The Bertz CT molecular complexity index is 786. The minimum Gasteiger partial charge on any atom is -0.341 e. The highest BCUT2D eigenvalue weighted by Crippen LogP contribution is 2.27. The van der Waals surface area contributed by atoms with E-state index in [0.29, 0.717) is 36.9 Å². The van der Waals surface area contributed by atoms with E-state index in [9.17, 15) is 13.2 Å². The number of sulfonamides is 1. The van der Waals surface area contributed by atoms with Gasteiger partial charge in [-0.2, -0.15) is 4.31 Å². The SMILES string of the molecule is CNC1CCCN(C(=O)C2CCN(S(=O)(=O)c3ccc(C)c(C)c3)CC2)C1. The average Bonchev–Trinajstić information content (AvgIpc) is 2.69. The third kappa shape index (κ3) is 4.36. The number of nitrogens with zero attached hydrogens (tertiary/aromatic N) is 2. The summed E-state index contributed by atoms with van der Waals surface area (Å²) in [5.74, 6) is 0.130. The molecule has 1 amide bonds. The van der Waals surface area contributed by atoms with Crippen LogP contribution in [0.15, 0.2) is 23.1 Å². The van der Waals surface area contributed by atoms with E-state index < -0.39 is 10.0 Å². The summed E-state index contributed by atoms with van der Waals surface area (Å²) in [5.41, 5.74) is 2.06. The van der Waals surface area contributed by atoms with Crippen molar-refractivity contribution in [2.45, 2.75) is 50.5 Å². The van der Waals surface area contributed by atoms with Gasteiger partial charge >= 0.3 is 0 Å². The number of carbonyl (C=O) groups excluding carboxylic acids is 1. The van der Waals surface area contributed by atoms with E-state index in [1.54, 1.807) is 12.1 Å². The first-order valence-electron chi connectivity index (χ1n) is 9.86. The van der Waals surface area contributed by atoms with Gasteiger partial charge in [0.25, 0.3) is 0 Å². The summed E-state index contributed by atoms with van der Waals surface area (Å²) in [6.45, 7) is 6.30. The maximum absolute atomic E-state index is 12.9. The van der Waals surface area contributed by atoms with Gasteiger partial charge in [-0.05, 0) is 69.8 Å². The quantitative estimate of drug-likeness (QED) is 0.848. The molecule has 0 bridgehead atoms. The summed E-state index contributed by atoms with van der Waals surface area (Å²) in [5, 5.41) is 3.26. The summed E-state index contributed by atoms with van der Waals surface area (Å²) in [7, 11) is -1.55. The second kappa shape index (κ2) is 8.29. The normalized spacial score (nSPS) is 22.8. The molecule has 2 heterocycles. The molecule has 27 heavy (non-hydrogen) atoms. The Morgan fingerprint density at radius 1 is 1.07 bits per heavy atom. The number of carbonyl (C=O) groups is 1. The first-order chi connectivity index (χ1) is 12.8. The van der Waals surface area contributed by atoms with Gasteiger partial charge in [0.2, 0.25) is 15.9 Å². The Balaban J connectivity index is 1.62. The molecule has 1 N–H and O–H groups in total. The van der Waals surface area contributed by atoms with Crippen LogP contribution >= 0.6 is 0 Å². The van der Waals surface area contributed by atoms with Crippen molar-refractivity contribution in [1.29, 1.82) is 0 Å². The number of likely N-dealkylation sites (N-methyl/N-ethyl adjacent to an activating group) is 1. The van der Waals surface area contributed by atoms with Crippen molar-refractivity contribution in [3.05, 3.63) is 29.3 Å². The molecule has 1 aromatic rings. The van der Waals surface area contributed by atoms with Gasteiger partial charge in [-0.3, -0.25) is 4.79 Å². The number of rotatable bonds is 4. The van der Waals surface area contributed by atoms with Crippen LogP contribution in [0.25, 0.3) is 0 Å². The molecule has 1 unspecified atom stereocenters. The molecule has 150 valence electrons. The molecule has 0 spiro atoms. The fourth-order valence-corrected chi connectivity index (χ4v) is 5.59. The van der Waals surface area contributed by atoms with Gasteiger partial charge in [-0.25, -0.2) is 8.42 Å². The molecule has 2 fully saturated rings. The third-order valence-electron chi connectivity index (χ3n) is 6.06. The maximum Gasteiger partial charge on any atom is 0.243 e. The van der Waals surface area contributed by atoms with Gasteiger partial charge in [0.1, 0.15) is 0 Å². The molecule has 0 aliphatic carbocycles. The van der Waals surface area contributed by atoms with E-state index in [4.69, 9.17) is 0 Å². The van der Waals surface area contributed by atoms with Gasteiger partial charge in [0.15, 0.2) is 0 Å². The van der Waals surface area contributed by atoms with Crippen LogP contribution < -0.4 is 5.32 Å². The summed E-state index contributed by atoms with van der Waals surface area (Å²) in [6.07, 6.45) is 3.33. The maximum atomic E-state index is 12.9. The van der Waals surface area contributed by atoms with Crippen molar-refractivity contribution >= 4 is 15.9 Å². The zero-order chi connectivity index (χ0) is 19.6. The van der Waals surface area contributed by atoms with Gasteiger partial charge in [-0.15, -0.1) is 0 Å². The van der Waals surface area contributed by atoms with Crippen LogP contribution in [0.4, 0.5) is 0 Å². The van der Waals surface area contributed by atoms with Gasteiger partial charge in [0, 0.05) is 38.1 Å². The average molecular weight is 394 g/mol. The minimum atomic E-state index is -3.49. The topological polar surface area (TPSA) is 69.7 Å². The molecule has 2 saturated heterocycles. The van der Waals surface area contributed by atoms with Crippen LogP contribution in [0.1, 0.15) is 36.8 Å². The molecule has 1 aromatic carbocycles. The predicted molar refractivity (Wildman–Crippen MR) is 106 cm³/mol. The molecule has 2 aliphatic rings. The smallest absolute Gasteiger partial charge is 0.243 e. The lowest BCUT2D eigenvalue weighted by atomic mass is 9.95. The number of nitrogens with one attached hydrogen (secondary N) is 1. The zero-order valence-electron chi connectivity index (χ0n) is 16.6. The van der Waals surface area contributed by atoms with Gasteiger partial charge in [0.05, 0.1) is 4.90 Å².